The van der Waals surface area contributed by atoms with E-state index in [1.165, 1.54) is 4.90 Å². The van der Waals surface area contributed by atoms with Crippen LogP contribution in [0.1, 0.15) is 28.8 Å². The Balaban J connectivity index is 1.70. The molecule has 0 atom stereocenters. The van der Waals surface area contributed by atoms with Gasteiger partial charge < -0.3 is 15.4 Å². The number of nitrogens with two attached hydrogens (primary N) is 1. The number of hydrogen-bond acceptors (Lipinski definition) is 4. The average molecular weight is 385 g/mol. The molecule has 6 heteroatoms. The van der Waals surface area contributed by atoms with Crippen molar-refractivity contribution in [3.63, 3.8) is 0 Å². The summed E-state index contributed by atoms with van der Waals surface area (Å²) >= 11 is 1.71. The Labute approximate surface area is 163 Å². The molecule has 5 nitrogen and oxygen atoms in total. The van der Waals surface area contributed by atoms with Crippen molar-refractivity contribution in [1.29, 1.82) is 0 Å². The molecule has 1 aliphatic rings. The van der Waals surface area contributed by atoms with Crippen LogP contribution in [-0.2, 0) is 10.5 Å². The number of rotatable bonds is 6. The zero-order chi connectivity index (χ0) is 19.2. The summed E-state index contributed by atoms with van der Waals surface area (Å²) in [6.45, 7) is 1.12. The number of piperidine rings is 1. The highest BCUT2D eigenvalue weighted by molar-refractivity contribution is 7.98. The Morgan fingerprint density at radius 3 is 2.48 bits per heavy atom. The minimum atomic E-state index is -0.272. The summed E-state index contributed by atoms with van der Waals surface area (Å²) < 4.78 is 5.46. The molecule has 27 heavy (non-hydrogen) atoms. The molecule has 142 valence electrons. The van der Waals surface area contributed by atoms with E-state index in [2.05, 4.69) is 12.1 Å². The van der Waals surface area contributed by atoms with Crippen LogP contribution in [-0.4, -0.2) is 36.9 Å². The smallest absolute Gasteiger partial charge is 0.253 e. The summed E-state index contributed by atoms with van der Waals surface area (Å²) in [6, 6.07) is 15.7. The molecular formula is C21H24N2O3S. The molecule has 0 bridgehead atoms. The molecule has 1 fully saturated rings. The fourth-order valence-electron chi connectivity index (χ4n) is 3.25. The highest BCUT2D eigenvalue weighted by Gasteiger charge is 2.26. The van der Waals surface area contributed by atoms with Gasteiger partial charge in [0.1, 0.15) is 5.75 Å². The maximum Gasteiger partial charge on any atom is 0.253 e. The number of primary amides is 1. The average Bonchev–Trinajstić information content (AvgIpc) is 2.72. The molecule has 3 rings (SSSR count). The maximum atomic E-state index is 12.9. The zero-order valence-electron chi connectivity index (χ0n) is 15.4. The Kier molecular flexibility index (Phi) is 6.40. The molecule has 0 spiro atoms. The molecular weight excluding hydrogens is 360 g/mol. The lowest BCUT2D eigenvalue weighted by atomic mass is 9.95. The number of nitrogens with zero attached hydrogens (tertiary/aromatic N) is 1. The molecule has 0 aromatic heterocycles. The number of hydrogen-bond donors (Lipinski definition) is 1. The van der Waals surface area contributed by atoms with E-state index >= 15 is 0 Å². The molecule has 1 heterocycles. The third-order valence-corrected chi connectivity index (χ3v) is 5.91. The molecule has 1 aliphatic heterocycles. The first kappa shape index (κ1) is 19.3. The topological polar surface area (TPSA) is 72.6 Å². The standard InChI is InChI=1S/C21H24N2O3S/c1-26-19-8-7-16(13-17(19)14-27-18-5-3-2-4-6-18)21(25)23-11-9-15(10-12-23)20(22)24/h2-8,13,15H,9-12,14H2,1H3,(H2,22,24). The SMILES string of the molecule is COc1ccc(C(=O)N2CCC(C(N)=O)CC2)cc1CSc1ccccc1. The van der Waals surface area contributed by atoms with Gasteiger partial charge in [0.15, 0.2) is 0 Å². The third-order valence-electron chi connectivity index (χ3n) is 4.85. The number of likely N-dealkylation sites (tertiary alicyclic amines) is 1. The molecule has 0 aliphatic carbocycles. The van der Waals surface area contributed by atoms with Crippen LogP contribution in [0.4, 0.5) is 0 Å². The van der Waals surface area contributed by atoms with Crippen LogP contribution in [0.3, 0.4) is 0 Å². The quantitative estimate of drug-likeness (QED) is 0.776. The van der Waals surface area contributed by atoms with Crippen molar-refractivity contribution in [1.82, 2.24) is 4.90 Å². The van der Waals surface area contributed by atoms with Crippen molar-refractivity contribution in [2.45, 2.75) is 23.5 Å². The van der Waals surface area contributed by atoms with Gasteiger partial charge >= 0.3 is 0 Å². The van der Waals surface area contributed by atoms with Crippen molar-refractivity contribution in [3.8, 4) is 5.75 Å². The van der Waals surface area contributed by atoms with Gasteiger partial charge in [-0.25, -0.2) is 0 Å². The number of benzene rings is 2. The molecule has 2 aromatic rings. The fourth-order valence-corrected chi connectivity index (χ4v) is 4.15. The lowest BCUT2D eigenvalue weighted by Crippen LogP contribution is -2.41. The molecule has 2 aromatic carbocycles. The van der Waals surface area contributed by atoms with E-state index in [0.29, 0.717) is 31.5 Å². The van der Waals surface area contributed by atoms with Gasteiger partial charge in [-0.15, -0.1) is 11.8 Å². The second kappa shape index (κ2) is 8.95. The van der Waals surface area contributed by atoms with E-state index < -0.39 is 0 Å². The predicted molar refractivity (Wildman–Crippen MR) is 107 cm³/mol. The monoisotopic (exact) mass is 384 g/mol. The molecule has 1 saturated heterocycles. The van der Waals surface area contributed by atoms with Crippen LogP contribution in [0.5, 0.6) is 5.75 Å². The lowest BCUT2D eigenvalue weighted by Gasteiger charge is -2.30. The van der Waals surface area contributed by atoms with Crippen LogP contribution < -0.4 is 10.5 Å². The Morgan fingerprint density at radius 1 is 1.15 bits per heavy atom. The molecule has 0 radical (unpaired) electrons. The van der Waals surface area contributed by atoms with E-state index in [4.69, 9.17) is 10.5 Å². The number of amides is 2. The summed E-state index contributed by atoms with van der Waals surface area (Å²) in [4.78, 5) is 27.1. The maximum absolute atomic E-state index is 12.9. The van der Waals surface area contributed by atoms with Gasteiger partial charge in [-0.3, -0.25) is 9.59 Å². The second-order valence-corrected chi connectivity index (χ2v) is 7.65. The molecule has 2 amide bonds. The van der Waals surface area contributed by atoms with Crippen molar-refractivity contribution >= 4 is 23.6 Å². The minimum absolute atomic E-state index is 0.00784. The van der Waals surface area contributed by atoms with Crippen LogP contribution in [0.25, 0.3) is 0 Å². The summed E-state index contributed by atoms with van der Waals surface area (Å²) in [5.41, 5.74) is 7.01. The lowest BCUT2D eigenvalue weighted by molar-refractivity contribution is -0.123. The highest BCUT2D eigenvalue weighted by Crippen LogP contribution is 2.29. The summed E-state index contributed by atoms with van der Waals surface area (Å²) in [5, 5.41) is 0. The van der Waals surface area contributed by atoms with Crippen molar-refractivity contribution in [2.75, 3.05) is 20.2 Å². The largest absolute Gasteiger partial charge is 0.496 e. The van der Waals surface area contributed by atoms with E-state index in [1.807, 2.05) is 30.3 Å². The number of thioether (sulfide) groups is 1. The van der Waals surface area contributed by atoms with Gasteiger partial charge in [-0.1, -0.05) is 18.2 Å². The first-order valence-corrected chi connectivity index (χ1v) is 10.0. The first-order valence-electron chi connectivity index (χ1n) is 9.02. The van der Waals surface area contributed by atoms with E-state index in [-0.39, 0.29) is 17.7 Å². The van der Waals surface area contributed by atoms with Gasteiger partial charge in [0, 0.05) is 40.8 Å². The van der Waals surface area contributed by atoms with Crippen LogP contribution in [0.2, 0.25) is 0 Å². The Bertz CT molecular complexity index is 802. The van der Waals surface area contributed by atoms with Gasteiger partial charge in [-0.2, -0.15) is 0 Å². The van der Waals surface area contributed by atoms with Crippen molar-refractivity contribution in [3.05, 3.63) is 59.7 Å². The molecule has 0 unspecified atom stereocenters. The van der Waals surface area contributed by atoms with Crippen molar-refractivity contribution in [2.24, 2.45) is 11.7 Å². The third kappa shape index (κ3) is 4.83. The Morgan fingerprint density at radius 2 is 1.85 bits per heavy atom. The first-order chi connectivity index (χ1) is 13.1. The van der Waals surface area contributed by atoms with Gasteiger partial charge in [0.05, 0.1) is 7.11 Å². The normalized spacial score (nSPS) is 14.8. The van der Waals surface area contributed by atoms with E-state index in [1.54, 1.807) is 29.8 Å². The predicted octanol–water partition coefficient (Wildman–Crippen LogP) is 3.33. The van der Waals surface area contributed by atoms with Crippen LogP contribution in [0, 0.1) is 5.92 Å². The van der Waals surface area contributed by atoms with Gasteiger partial charge in [0.25, 0.3) is 5.91 Å². The Hall–Kier alpha value is -2.47. The zero-order valence-corrected chi connectivity index (χ0v) is 16.2. The molecule has 2 N–H and O–H groups in total. The second-order valence-electron chi connectivity index (χ2n) is 6.60. The summed E-state index contributed by atoms with van der Waals surface area (Å²) in [5.74, 6) is 1.10. The highest BCUT2D eigenvalue weighted by atomic mass is 32.2. The van der Waals surface area contributed by atoms with Gasteiger partial charge in [0.2, 0.25) is 5.91 Å². The summed E-state index contributed by atoms with van der Waals surface area (Å²) in [7, 11) is 1.64. The number of carbonyl (C=O) groups excluding carboxylic acids is 2. The summed E-state index contributed by atoms with van der Waals surface area (Å²) in [6.07, 6.45) is 1.27. The van der Waals surface area contributed by atoms with Gasteiger partial charge in [-0.05, 0) is 43.2 Å². The van der Waals surface area contributed by atoms with Crippen LogP contribution in [0.15, 0.2) is 53.4 Å². The number of carbonyl (C=O) groups is 2. The van der Waals surface area contributed by atoms with E-state index in [9.17, 15) is 9.59 Å². The number of ether oxygens (including phenoxy) is 1. The molecule has 0 saturated carbocycles. The van der Waals surface area contributed by atoms with Crippen LogP contribution >= 0.6 is 11.8 Å². The minimum Gasteiger partial charge on any atom is -0.496 e. The number of methoxy groups -OCH3 is 1. The van der Waals surface area contributed by atoms with Crippen molar-refractivity contribution < 1.29 is 14.3 Å². The van der Waals surface area contributed by atoms with E-state index in [0.717, 1.165) is 17.1 Å². The fraction of sp³-hybridized carbons (Fsp3) is 0.333.